The van der Waals surface area contributed by atoms with Crippen molar-refractivity contribution < 1.29 is 4.79 Å². The molecule has 0 radical (unpaired) electrons. The summed E-state index contributed by atoms with van der Waals surface area (Å²) in [5.41, 5.74) is 9.25. The van der Waals surface area contributed by atoms with Crippen LogP contribution in [0.25, 0.3) is 0 Å². The first kappa shape index (κ1) is 14.3. The summed E-state index contributed by atoms with van der Waals surface area (Å²) in [6.45, 7) is 1.15. The number of fused-ring (bicyclic) bond motifs is 1. The standard InChI is InChI=1S/C16H19N5O/c1-20(2)13-5-3-4-11(8-13)15(22)21-7-6-12-9-18-16(17)19-14(12)10-21/h3-5,8-9H,6-7,10H2,1-2H3,(H2,17,18,19). The number of hydrogen-bond donors (Lipinski definition) is 1. The van der Waals surface area contributed by atoms with E-state index in [0.29, 0.717) is 18.7 Å². The first-order valence-electron chi connectivity index (χ1n) is 7.21. The summed E-state index contributed by atoms with van der Waals surface area (Å²) in [6, 6.07) is 7.64. The third-order valence-electron chi connectivity index (χ3n) is 3.86. The topological polar surface area (TPSA) is 75.4 Å². The van der Waals surface area contributed by atoms with Crippen molar-refractivity contribution in [1.29, 1.82) is 0 Å². The molecule has 6 nitrogen and oxygen atoms in total. The molecule has 1 aromatic heterocycles. The van der Waals surface area contributed by atoms with Gasteiger partial charge in [0, 0.05) is 38.1 Å². The number of amides is 1. The van der Waals surface area contributed by atoms with Crippen molar-refractivity contribution >= 4 is 17.5 Å². The van der Waals surface area contributed by atoms with Crippen molar-refractivity contribution in [3.8, 4) is 0 Å². The van der Waals surface area contributed by atoms with Gasteiger partial charge in [-0.15, -0.1) is 0 Å². The zero-order valence-corrected chi connectivity index (χ0v) is 12.8. The highest BCUT2D eigenvalue weighted by Gasteiger charge is 2.23. The Morgan fingerprint density at radius 2 is 2.18 bits per heavy atom. The highest BCUT2D eigenvalue weighted by molar-refractivity contribution is 5.95. The molecule has 0 saturated carbocycles. The van der Waals surface area contributed by atoms with Crippen LogP contribution in [-0.2, 0) is 13.0 Å². The molecule has 2 heterocycles. The predicted molar refractivity (Wildman–Crippen MR) is 85.7 cm³/mol. The number of rotatable bonds is 2. The van der Waals surface area contributed by atoms with Crippen molar-refractivity contribution in [3.05, 3.63) is 47.3 Å². The van der Waals surface area contributed by atoms with E-state index in [1.165, 1.54) is 0 Å². The lowest BCUT2D eigenvalue weighted by molar-refractivity contribution is 0.0732. The molecule has 1 aliphatic rings. The Bertz CT molecular complexity index is 713. The quantitative estimate of drug-likeness (QED) is 0.905. The summed E-state index contributed by atoms with van der Waals surface area (Å²) < 4.78 is 0. The van der Waals surface area contributed by atoms with Gasteiger partial charge in [-0.25, -0.2) is 9.97 Å². The Morgan fingerprint density at radius 3 is 2.95 bits per heavy atom. The lowest BCUT2D eigenvalue weighted by atomic mass is 10.1. The number of aromatic nitrogens is 2. The Labute approximate surface area is 129 Å². The summed E-state index contributed by atoms with van der Waals surface area (Å²) in [5, 5.41) is 0. The second kappa shape index (κ2) is 5.63. The highest BCUT2D eigenvalue weighted by Crippen LogP contribution is 2.20. The smallest absolute Gasteiger partial charge is 0.254 e. The Kier molecular flexibility index (Phi) is 3.66. The molecule has 1 aliphatic heterocycles. The van der Waals surface area contributed by atoms with Gasteiger partial charge in [-0.1, -0.05) is 6.07 Å². The van der Waals surface area contributed by atoms with E-state index >= 15 is 0 Å². The number of anilines is 2. The first-order valence-corrected chi connectivity index (χ1v) is 7.21. The molecule has 0 atom stereocenters. The molecule has 2 aromatic rings. The molecule has 0 saturated heterocycles. The van der Waals surface area contributed by atoms with Gasteiger partial charge in [-0.05, 0) is 30.2 Å². The molecule has 1 amide bonds. The number of hydrogen-bond acceptors (Lipinski definition) is 5. The average Bonchev–Trinajstić information content (AvgIpc) is 2.53. The molecule has 3 rings (SSSR count). The number of benzene rings is 1. The molecule has 6 heteroatoms. The monoisotopic (exact) mass is 297 g/mol. The fourth-order valence-corrected chi connectivity index (χ4v) is 2.59. The Hall–Kier alpha value is -2.63. The SMILES string of the molecule is CN(C)c1cccc(C(=O)N2CCc3cnc(N)nc3C2)c1. The van der Waals surface area contributed by atoms with Crippen LogP contribution < -0.4 is 10.6 Å². The van der Waals surface area contributed by atoms with Crippen LogP contribution in [0.1, 0.15) is 21.6 Å². The van der Waals surface area contributed by atoms with Crippen molar-refractivity contribution in [2.24, 2.45) is 0 Å². The van der Waals surface area contributed by atoms with E-state index in [9.17, 15) is 4.79 Å². The van der Waals surface area contributed by atoms with Crippen LogP contribution in [-0.4, -0.2) is 41.4 Å². The Balaban J connectivity index is 1.83. The summed E-state index contributed by atoms with van der Waals surface area (Å²) >= 11 is 0. The first-order chi connectivity index (χ1) is 10.5. The van der Waals surface area contributed by atoms with Crippen molar-refractivity contribution in [2.45, 2.75) is 13.0 Å². The molecule has 0 fully saturated rings. The van der Waals surface area contributed by atoms with Crippen molar-refractivity contribution in [3.63, 3.8) is 0 Å². The van der Waals surface area contributed by atoms with E-state index in [2.05, 4.69) is 9.97 Å². The second-order valence-corrected chi connectivity index (χ2v) is 5.62. The van der Waals surface area contributed by atoms with Gasteiger partial charge in [-0.2, -0.15) is 0 Å². The number of nitrogen functional groups attached to an aromatic ring is 1. The molecule has 114 valence electrons. The van der Waals surface area contributed by atoms with Gasteiger partial charge in [0.25, 0.3) is 5.91 Å². The largest absolute Gasteiger partial charge is 0.378 e. The zero-order chi connectivity index (χ0) is 15.7. The third kappa shape index (κ3) is 2.72. The van der Waals surface area contributed by atoms with Crippen LogP contribution in [0.2, 0.25) is 0 Å². The molecule has 22 heavy (non-hydrogen) atoms. The maximum Gasteiger partial charge on any atom is 0.254 e. The lowest BCUT2D eigenvalue weighted by Crippen LogP contribution is -2.36. The molecule has 1 aromatic carbocycles. The predicted octanol–water partition coefficient (Wildman–Crippen LogP) is 1.32. The normalized spacial score (nSPS) is 13.6. The molecule has 0 aliphatic carbocycles. The van der Waals surface area contributed by atoms with Gasteiger partial charge in [0.15, 0.2) is 0 Å². The van der Waals surface area contributed by atoms with E-state index in [1.54, 1.807) is 6.20 Å². The molecular weight excluding hydrogens is 278 g/mol. The number of carbonyl (C=O) groups is 1. The molecule has 2 N–H and O–H groups in total. The highest BCUT2D eigenvalue weighted by atomic mass is 16.2. The van der Waals surface area contributed by atoms with E-state index < -0.39 is 0 Å². The minimum Gasteiger partial charge on any atom is -0.378 e. The lowest BCUT2D eigenvalue weighted by Gasteiger charge is -2.28. The van der Waals surface area contributed by atoms with Crippen LogP contribution in [0.5, 0.6) is 0 Å². The van der Waals surface area contributed by atoms with Gasteiger partial charge in [0.1, 0.15) is 0 Å². The van der Waals surface area contributed by atoms with E-state index in [4.69, 9.17) is 5.73 Å². The molecule has 0 unspecified atom stereocenters. The summed E-state index contributed by atoms with van der Waals surface area (Å²) in [6.07, 6.45) is 2.51. The van der Waals surface area contributed by atoms with Crippen molar-refractivity contribution in [1.82, 2.24) is 14.9 Å². The van der Waals surface area contributed by atoms with Crippen LogP contribution >= 0.6 is 0 Å². The summed E-state index contributed by atoms with van der Waals surface area (Å²) in [5.74, 6) is 0.272. The average molecular weight is 297 g/mol. The molecule has 0 spiro atoms. The van der Waals surface area contributed by atoms with Crippen LogP contribution in [0.15, 0.2) is 30.5 Å². The Morgan fingerprint density at radius 1 is 1.36 bits per heavy atom. The maximum atomic E-state index is 12.7. The summed E-state index contributed by atoms with van der Waals surface area (Å²) in [7, 11) is 3.92. The van der Waals surface area contributed by atoms with Crippen LogP contribution in [0.4, 0.5) is 11.6 Å². The van der Waals surface area contributed by atoms with Crippen molar-refractivity contribution in [2.75, 3.05) is 31.3 Å². The third-order valence-corrected chi connectivity index (χ3v) is 3.86. The van der Waals surface area contributed by atoms with Crippen LogP contribution in [0.3, 0.4) is 0 Å². The van der Waals surface area contributed by atoms with Crippen LogP contribution in [0, 0.1) is 0 Å². The minimum atomic E-state index is 0.0199. The zero-order valence-electron chi connectivity index (χ0n) is 12.8. The second-order valence-electron chi connectivity index (χ2n) is 5.62. The van der Waals surface area contributed by atoms with Gasteiger partial charge in [0.2, 0.25) is 5.95 Å². The van der Waals surface area contributed by atoms with Gasteiger partial charge < -0.3 is 15.5 Å². The summed E-state index contributed by atoms with van der Waals surface area (Å²) in [4.78, 5) is 24.8. The fraction of sp³-hybridized carbons (Fsp3) is 0.312. The van der Waals surface area contributed by atoms with Gasteiger partial charge >= 0.3 is 0 Å². The van der Waals surface area contributed by atoms with Gasteiger partial charge in [0.05, 0.1) is 12.2 Å². The minimum absolute atomic E-state index is 0.0199. The van der Waals surface area contributed by atoms with E-state index in [0.717, 1.165) is 23.4 Å². The number of carbonyl (C=O) groups excluding carboxylic acids is 1. The molecule has 0 bridgehead atoms. The number of nitrogens with two attached hydrogens (primary N) is 1. The number of nitrogens with zero attached hydrogens (tertiary/aromatic N) is 4. The van der Waals surface area contributed by atoms with E-state index in [1.807, 2.05) is 48.2 Å². The fourth-order valence-electron chi connectivity index (χ4n) is 2.59. The molecular formula is C16H19N5O. The van der Waals surface area contributed by atoms with Gasteiger partial charge in [-0.3, -0.25) is 4.79 Å². The van der Waals surface area contributed by atoms with E-state index in [-0.39, 0.29) is 11.9 Å². The maximum absolute atomic E-state index is 12.7.